The molecule has 0 aliphatic rings. The third-order valence-corrected chi connectivity index (χ3v) is 2.94. The summed E-state index contributed by atoms with van der Waals surface area (Å²) in [6.45, 7) is 0.689. The largest absolute Gasteiger partial charge is 0.504 e. The van der Waals surface area contributed by atoms with Crippen LogP contribution in [-0.4, -0.2) is 12.2 Å². The third kappa shape index (κ3) is 2.46. The summed E-state index contributed by atoms with van der Waals surface area (Å²) in [7, 11) is 1.54. The molecular formula is C12H13NO2S. The van der Waals surface area contributed by atoms with Gasteiger partial charge in [-0.3, -0.25) is 0 Å². The second kappa shape index (κ2) is 4.90. The van der Waals surface area contributed by atoms with Crippen LogP contribution in [-0.2, 0) is 6.54 Å². The Morgan fingerprint density at radius 1 is 1.38 bits per heavy atom. The molecule has 3 nitrogen and oxygen atoms in total. The van der Waals surface area contributed by atoms with E-state index in [2.05, 4.69) is 5.32 Å². The Kier molecular flexibility index (Phi) is 3.31. The van der Waals surface area contributed by atoms with Crippen LogP contribution in [0, 0.1) is 0 Å². The molecule has 0 aliphatic carbocycles. The summed E-state index contributed by atoms with van der Waals surface area (Å²) in [4.78, 5) is 0. The van der Waals surface area contributed by atoms with Crippen LogP contribution >= 0.6 is 11.3 Å². The standard InChI is InChI=1S/C12H13NO2S/c1-15-12-3-2-9(6-11(12)14)7-13-10-4-5-16-8-10/h2-6,8,13-14H,7H2,1H3. The maximum absolute atomic E-state index is 9.60. The predicted octanol–water partition coefficient (Wildman–Crippen LogP) is 3.07. The molecular weight excluding hydrogens is 222 g/mol. The fourth-order valence-corrected chi connectivity index (χ4v) is 2.03. The molecule has 2 aromatic rings. The average Bonchev–Trinajstić information content (AvgIpc) is 2.79. The van der Waals surface area contributed by atoms with Gasteiger partial charge in [0.25, 0.3) is 0 Å². The molecule has 0 spiro atoms. The van der Waals surface area contributed by atoms with Gasteiger partial charge in [0.05, 0.1) is 7.11 Å². The van der Waals surface area contributed by atoms with E-state index in [-0.39, 0.29) is 5.75 Å². The summed E-state index contributed by atoms with van der Waals surface area (Å²) < 4.78 is 4.98. The zero-order chi connectivity index (χ0) is 11.4. The number of thiophene rings is 1. The number of methoxy groups -OCH3 is 1. The number of aromatic hydroxyl groups is 1. The van der Waals surface area contributed by atoms with Crippen molar-refractivity contribution in [1.82, 2.24) is 0 Å². The molecule has 1 aromatic heterocycles. The number of anilines is 1. The smallest absolute Gasteiger partial charge is 0.160 e. The van der Waals surface area contributed by atoms with Gasteiger partial charge in [-0.25, -0.2) is 0 Å². The molecule has 84 valence electrons. The lowest BCUT2D eigenvalue weighted by Crippen LogP contribution is -1.98. The summed E-state index contributed by atoms with van der Waals surface area (Å²) in [5, 5.41) is 16.9. The molecule has 0 amide bonds. The molecule has 0 saturated carbocycles. The first kappa shape index (κ1) is 10.8. The van der Waals surface area contributed by atoms with Crippen molar-refractivity contribution in [3.05, 3.63) is 40.6 Å². The van der Waals surface area contributed by atoms with Gasteiger partial charge in [-0.1, -0.05) is 6.07 Å². The van der Waals surface area contributed by atoms with E-state index in [0.717, 1.165) is 11.3 Å². The maximum Gasteiger partial charge on any atom is 0.160 e. The van der Waals surface area contributed by atoms with Gasteiger partial charge in [0.2, 0.25) is 0 Å². The molecule has 0 fully saturated rings. The van der Waals surface area contributed by atoms with Crippen LogP contribution in [0.15, 0.2) is 35.0 Å². The van der Waals surface area contributed by atoms with Crippen LogP contribution in [0.1, 0.15) is 5.56 Å². The predicted molar refractivity (Wildman–Crippen MR) is 66.3 cm³/mol. The molecule has 0 saturated heterocycles. The molecule has 1 heterocycles. The van der Waals surface area contributed by atoms with E-state index in [1.165, 1.54) is 0 Å². The maximum atomic E-state index is 9.60. The van der Waals surface area contributed by atoms with Crippen molar-refractivity contribution in [3.8, 4) is 11.5 Å². The Morgan fingerprint density at radius 3 is 2.88 bits per heavy atom. The fourth-order valence-electron chi connectivity index (χ4n) is 1.41. The fraction of sp³-hybridized carbons (Fsp3) is 0.167. The summed E-state index contributed by atoms with van der Waals surface area (Å²) in [5.74, 6) is 0.673. The molecule has 16 heavy (non-hydrogen) atoms. The van der Waals surface area contributed by atoms with E-state index < -0.39 is 0 Å². The number of ether oxygens (including phenoxy) is 1. The Labute approximate surface area is 98.3 Å². The van der Waals surface area contributed by atoms with Crippen LogP contribution in [0.5, 0.6) is 11.5 Å². The lowest BCUT2D eigenvalue weighted by molar-refractivity contribution is 0.373. The second-order valence-corrected chi connectivity index (χ2v) is 4.15. The SMILES string of the molecule is COc1ccc(CNc2ccsc2)cc1O. The van der Waals surface area contributed by atoms with E-state index in [1.807, 2.05) is 22.9 Å². The van der Waals surface area contributed by atoms with Gasteiger partial charge in [0.1, 0.15) is 0 Å². The van der Waals surface area contributed by atoms with Crippen molar-refractivity contribution in [2.24, 2.45) is 0 Å². The Bertz CT molecular complexity index is 454. The van der Waals surface area contributed by atoms with Gasteiger partial charge >= 0.3 is 0 Å². The number of rotatable bonds is 4. The number of benzene rings is 1. The Morgan fingerprint density at radius 2 is 2.25 bits per heavy atom. The first-order valence-corrected chi connectivity index (χ1v) is 5.86. The molecule has 1 aromatic carbocycles. The lowest BCUT2D eigenvalue weighted by Gasteiger charge is -2.07. The number of phenolic OH excluding ortho intramolecular Hbond substituents is 1. The van der Waals surface area contributed by atoms with Crippen LogP contribution in [0.25, 0.3) is 0 Å². The molecule has 2 N–H and O–H groups in total. The van der Waals surface area contributed by atoms with Crippen LogP contribution in [0.2, 0.25) is 0 Å². The highest BCUT2D eigenvalue weighted by Gasteiger charge is 2.02. The van der Waals surface area contributed by atoms with E-state index in [4.69, 9.17) is 4.74 Å². The Balaban J connectivity index is 2.02. The summed E-state index contributed by atoms with van der Waals surface area (Å²) in [6.07, 6.45) is 0. The molecule has 4 heteroatoms. The van der Waals surface area contributed by atoms with Gasteiger partial charge in [-0.05, 0) is 29.1 Å². The Hall–Kier alpha value is -1.68. The van der Waals surface area contributed by atoms with Crippen molar-refractivity contribution < 1.29 is 9.84 Å². The highest BCUT2D eigenvalue weighted by Crippen LogP contribution is 2.26. The third-order valence-electron chi connectivity index (χ3n) is 2.26. The lowest BCUT2D eigenvalue weighted by atomic mass is 10.2. The quantitative estimate of drug-likeness (QED) is 0.855. The summed E-state index contributed by atoms with van der Waals surface area (Å²) in [5.41, 5.74) is 2.12. The van der Waals surface area contributed by atoms with E-state index >= 15 is 0 Å². The number of hydrogen-bond donors (Lipinski definition) is 2. The van der Waals surface area contributed by atoms with Gasteiger partial charge in [0.15, 0.2) is 11.5 Å². The number of hydrogen-bond acceptors (Lipinski definition) is 4. The van der Waals surface area contributed by atoms with Crippen molar-refractivity contribution in [1.29, 1.82) is 0 Å². The van der Waals surface area contributed by atoms with Gasteiger partial charge < -0.3 is 15.2 Å². The topological polar surface area (TPSA) is 41.5 Å². The van der Waals surface area contributed by atoms with Gasteiger partial charge in [0, 0.05) is 17.6 Å². The second-order valence-electron chi connectivity index (χ2n) is 3.37. The minimum Gasteiger partial charge on any atom is -0.504 e. The van der Waals surface area contributed by atoms with E-state index in [1.54, 1.807) is 30.6 Å². The van der Waals surface area contributed by atoms with Gasteiger partial charge in [-0.2, -0.15) is 11.3 Å². The monoisotopic (exact) mass is 235 g/mol. The number of phenols is 1. The van der Waals surface area contributed by atoms with Gasteiger partial charge in [-0.15, -0.1) is 0 Å². The summed E-state index contributed by atoms with van der Waals surface area (Å²) >= 11 is 1.65. The number of nitrogens with one attached hydrogen (secondary N) is 1. The van der Waals surface area contributed by atoms with Crippen LogP contribution in [0.3, 0.4) is 0 Å². The average molecular weight is 235 g/mol. The normalized spacial score (nSPS) is 10.1. The highest BCUT2D eigenvalue weighted by molar-refractivity contribution is 7.08. The molecule has 0 aliphatic heterocycles. The minimum atomic E-state index is 0.173. The summed E-state index contributed by atoms with van der Waals surface area (Å²) in [6, 6.07) is 7.42. The van der Waals surface area contributed by atoms with Crippen molar-refractivity contribution in [2.75, 3.05) is 12.4 Å². The molecule has 0 unspecified atom stereocenters. The van der Waals surface area contributed by atoms with Crippen LogP contribution < -0.4 is 10.1 Å². The first-order valence-electron chi connectivity index (χ1n) is 4.91. The molecule has 0 atom stereocenters. The minimum absolute atomic E-state index is 0.173. The zero-order valence-corrected chi connectivity index (χ0v) is 9.75. The molecule has 0 radical (unpaired) electrons. The van der Waals surface area contributed by atoms with E-state index in [0.29, 0.717) is 12.3 Å². The van der Waals surface area contributed by atoms with Crippen molar-refractivity contribution in [2.45, 2.75) is 6.54 Å². The van der Waals surface area contributed by atoms with Crippen LogP contribution in [0.4, 0.5) is 5.69 Å². The highest BCUT2D eigenvalue weighted by atomic mass is 32.1. The molecule has 2 rings (SSSR count). The molecule has 0 bridgehead atoms. The van der Waals surface area contributed by atoms with Crippen molar-refractivity contribution >= 4 is 17.0 Å². The van der Waals surface area contributed by atoms with E-state index in [9.17, 15) is 5.11 Å². The first-order chi connectivity index (χ1) is 7.79. The zero-order valence-electron chi connectivity index (χ0n) is 8.93. The van der Waals surface area contributed by atoms with Crippen molar-refractivity contribution in [3.63, 3.8) is 0 Å².